The van der Waals surface area contributed by atoms with Crippen LogP contribution in [0.25, 0.3) is 12.2 Å². The standard InChI is InChI=1S/C13H17N.C2H6/c1-4-13-12(9-6-10-14-13)8-5-7-11(2)3;1-2/h4-11H,1-3H3;1-2H3/b7-5-,12-8-,13-4+;. The van der Waals surface area contributed by atoms with E-state index in [9.17, 15) is 0 Å². The van der Waals surface area contributed by atoms with Crippen molar-refractivity contribution < 1.29 is 0 Å². The SMILES string of the molecule is C/C=c1/nccc/c1=C/C=C\C(C)C.CC. The van der Waals surface area contributed by atoms with E-state index in [4.69, 9.17) is 0 Å². The van der Waals surface area contributed by atoms with Gasteiger partial charge in [-0.25, -0.2) is 0 Å². The van der Waals surface area contributed by atoms with E-state index < -0.39 is 0 Å². The highest BCUT2D eigenvalue weighted by Gasteiger charge is 1.83. The van der Waals surface area contributed by atoms with Crippen molar-refractivity contribution in [3.05, 3.63) is 41.0 Å². The molecule has 1 nitrogen and oxygen atoms in total. The lowest BCUT2D eigenvalue weighted by Gasteiger charge is -1.90. The molecule has 0 aliphatic heterocycles. The van der Waals surface area contributed by atoms with E-state index in [2.05, 4.69) is 43.1 Å². The molecule has 0 saturated heterocycles. The summed E-state index contributed by atoms with van der Waals surface area (Å²) in [6.45, 7) is 10.3. The van der Waals surface area contributed by atoms with Crippen molar-refractivity contribution in [2.45, 2.75) is 34.6 Å². The van der Waals surface area contributed by atoms with Crippen LogP contribution in [-0.2, 0) is 0 Å². The van der Waals surface area contributed by atoms with Gasteiger partial charge in [-0.2, -0.15) is 0 Å². The number of rotatable bonds is 2. The molecule has 0 N–H and O–H groups in total. The molecule has 1 aromatic rings. The number of pyridine rings is 1. The fourth-order valence-electron chi connectivity index (χ4n) is 1.19. The molecular formula is C15H23N. The van der Waals surface area contributed by atoms with Crippen LogP contribution in [0.2, 0.25) is 0 Å². The van der Waals surface area contributed by atoms with Gasteiger partial charge in [-0.3, -0.25) is 4.98 Å². The molecule has 1 rings (SSSR count). The molecule has 1 aromatic heterocycles. The Bertz CT molecular complexity index is 413. The maximum Gasteiger partial charge on any atom is 0.0659 e. The van der Waals surface area contributed by atoms with Gasteiger partial charge in [-0.15, -0.1) is 0 Å². The van der Waals surface area contributed by atoms with Gasteiger partial charge in [-0.05, 0) is 24.1 Å². The Hall–Kier alpha value is -1.37. The molecule has 0 radical (unpaired) electrons. The highest BCUT2D eigenvalue weighted by Crippen LogP contribution is 1.92. The third-order valence-corrected chi connectivity index (χ3v) is 1.92. The number of allylic oxidation sites excluding steroid dienone is 2. The molecule has 0 saturated carbocycles. The number of nitrogens with zero attached hydrogens (tertiary/aromatic N) is 1. The average Bonchev–Trinajstić information content (AvgIpc) is 2.32. The van der Waals surface area contributed by atoms with Crippen molar-refractivity contribution in [2.24, 2.45) is 5.92 Å². The molecular weight excluding hydrogens is 194 g/mol. The Morgan fingerprint density at radius 2 is 1.94 bits per heavy atom. The van der Waals surface area contributed by atoms with Gasteiger partial charge in [0.1, 0.15) is 0 Å². The van der Waals surface area contributed by atoms with Gasteiger partial charge < -0.3 is 0 Å². The lowest BCUT2D eigenvalue weighted by molar-refractivity contribution is 0.832. The van der Waals surface area contributed by atoms with Crippen LogP contribution >= 0.6 is 0 Å². The highest BCUT2D eigenvalue weighted by molar-refractivity contribution is 5.37. The predicted molar refractivity (Wildman–Crippen MR) is 73.4 cm³/mol. The Labute approximate surface area is 99.2 Å². The maximum absolute atomic E-state index is 4.27. The van der Waals surface area contributed by atoms with Crippen molar-refractivity contribution in [1.29, 1.82) is 0 Å². The molecule has 0 bridgehead atoms. The summed E-state index contributed by atoms with van der Waals surface area (Å²) < 4.78 is 0. The van der Waals surface area contributed by atoms with Gasteiger partial charge in [0.25, 0.3) is 0 Å². The lowest BCUT2D eigenvalue weighted by atomic mass is 10.2. The summed E-state index contributed by atoms with van der Waals surface area (Å²) in [5.74, 6) is 0.594. The van der Waals surface area contributed by atoms with Gasteiger partial charge >= 0.3 is 0 Å². The monoisotopic (exact) mass is 217 g/mol. The first-order chi connectivity index (χ1) is 7.74. The van der Waals surface area contributed by atoms with Gasteiger partial charge in [-0.1, -0.05) is 58.1 Å². The molecule has 1 heterocycles. The van der Waals surface area contributed by atoms with E-state index >= 15 is 0 Å². The minimum Gasteiger partial charge on any atom is -0.257 e. The summed E-state index contributed by atoms with van der Waals surface area (Å²) in [5, 5.41) is 2.22. The summed E-state index contributed by atoms with van der Waals surface area (Å²) in [4.78, 5) is 4.27. The first kappa shape index (κ1) is 14.6. The molecule has 0 aliphatic carbocycles. The summed E-state index contributed by atoms with van der Waals surface area (Å²) >= 11 is 0. The van der Waals surface area contributed by atoms with E-state index in [-0.39, 0.29) is 0 Å². The molecule has 1 heteroatoms. The molecule has 0 amide bonds. The second kappa shape index (κ2) is 8.90. The molecule has 16 heavy (non-hydrogen) atoms. The minimum atomic E-state index is 0.594. The first-order valence-corrected chi connectivity index (χ1v) is 6.00. The van der Waals surface area contributed by atoms with Crippen LogP contribution in [0.3, 0.4) is 0 Å². The number of aromatic nitrogens is 1. The fraction of sp³-hybridized carbons (Fsp3) is 0.400. The lowest BCUT2D eigenvalue weighted by Crippen LogP contribution is -2.26. The average molecular weight is 217 g/mol. The van der Waals surface area contributed by atoms with Crippen molar-refractivity contribution in [2.75, 3.05) is 0 Å². The smallest absolute Gasteiger partial charge is 0.0659 e. The van der Waals surface area contributed by atoms with E-state index in [0.29, 0.717) is 5.92 Å². The quantitative estimate of drug-likeness (QED) is 0.742. The zero-order valence-corrected chi connectivity index (χ0v) is 11.1. The fourth-order valence-corrected chi connectivity index (χ4v) is 1.19. The predicted octanol–water partition coefficient (Wildman–Crippen LogP) is 2.90. The van der Waals surface area contributed by atoms with Crippen LogP contribution in [0.4, 0.5) is 0 Å². The molecule has 0 aromatic carbocycles. The number of hydrogen-bond acceptors (Lipinski definition) is 1. The summed E-state index contributed by atoms with van der Waals surface area (Å²) in [7, 11) is 0. The van der Waals surface area contributed by atoms with Crippen LogP contribution in [0.5, 0.6) is 0 Å². The number of hydrogen-bond donors (Lipinski definition) is 0. The molecule has 0 atom stereocenters. The van der Waals surface area contributed by atoms with Crippen LogP contribution in [-0.4, -0.2) is 4.98 Å². The van der Waals surface area contributed by atoms with E-state index in [1.165, 1.54) is 5.22 Å². The van der Waals surface area contributed by atoms with Gasteiger partial charge in [0, 0.05) is 6.20 Å². The van der Waals surface area contributed by atoms with Crippen LogP contribution in [0, 0.1) is 5.92 Å². The molecule has 0 spiro atoms. The normalized spacial score (nSPS) is 13.1. The Morgan fingerprint density at radius 1 is 1.25 bits per heavy atom. The first-order valence-electron chi connectivity index (χ1n) is 6.00. The van der Waals surface area contributed by atoms with Crippen LogP contribution in [0.1, 0.15) is 34.6 Å². The van der Waals surface area contributed by atoms with Crippen molar-refractivity contribution >= 4 is 12.2 Å². The molecule has 0 aliphatic rings. The van der Waals surface area contributed by atoms with Crippen LogP contribution < -0.4 is 10.6 Å². The van der Waals surface area contributed by atoms with E-state index in [1.54, 1.807) is 0 Å². The molecule has 0 fully saturated rings. The summed E-state index contributed by atoms with van der Waals surface area (Å²) in [5.41, 5.74) is 0. The second-order valence-electron chi connectivity index (χ2n) is 3.56. The Morgan fingerprint density at radius 3 is 2.50 bits per heavy atom. The largest absolute Gasteiger partial charge is 0.257 e. The minimum absolute atomic E-state index is 0.594. The van der Waals surface area contributed by atoms with Gasteiger partial charge in [0.05, 0.1) is 5.35 Å². The topological polar surface area (TPSA) is 12.9 Å². The Kier molecular flexibility index (Phi) is 8.14. The van der Waals surface area contributed by atoms with E-state index in [1.807, 2.05) is 39.1 Å². The van der Waals surface area contributed by atoms with Gasteiger partial charge in [0.15, 0.2) is 0 Å². The molecule has 88 valence electrons. The molecule has 0 unspecified atom stereocenters. The zero-order chi connectivity index (χ0) is 12.4. The van der Waals surface area contributed by atoms with Crippen molar-refractivity contribution in [3.8, 4) is 0 Å². The Balaban J connectivity index is 0.00000106. The zero-order valence-electron chi connectivity index (χ0n) is 11.1. The van der Waals surface area contributed by atoms with Gasteiger partial charge in [0.2, 0.25) is 0 Å². The maximum atomic E-state index is 4.27. The second-order valence-corrected chi connectivity index (χ2v) is 3.56. The summed E-state index contributed by atoms with van der Waals surface area (Å²) in [6, 6.07) is 4.04. The third kappa shape index (κ3) is 5.50. The third-order valence-electron chi connectivity index (χ3n) is 1.92. The van der Waals surface area contributed by atoms with E-state index in [0.717, 1.165) is 5.35 Å². The van der Waals surface area contributed by atoms with Crippen LogP contribution in [0.15, 0.2) is 30.5 Å². The van der Waals surface area contributed by atoms with Crippen molar-refractivity contribution in [1.82, 2.24) is 4.98 Å². The highest BCUT2D eigenvalue weighted by atomic mass is 14.6. The van der Waals surface area contributed by atoms with Crippen molar-refractivity contribution in [3.63, 3.8) is 0 Å². The summed E-state index contributed by atoms with van der Waals surface area (Å²) in [6.07, 6.45) is 10.2.